The third-order valence-electron chi connectivity index (χ3n) is 2.99. The predicted octanol–water partition coefficient (Wildman–Crippen LogP) is 1.12. The van der Waals surface area contributed by atoms with E-state index in [-0.39, 0.29) is 30.3 Å². The van der Waals surface area contributed by atoms with Gasteiger partial charge in [-0.2, -0.15) is 0 Å². The number of hydrogen-bond acceptors (Lipinski definition) is 3. The van der Waals surface area contributed by atoms with Crippen molar-refractivity contribution in [3.05, 3.63) is 29.8 Å². The Balaban J connectivity index is 0.00000162. The third kappa shape index (κ3) is 3.37. The van der Waals surface area contributed by atoms with Crippen LogP contribution in [0.15, 0.2) is 24.3 Å². The summed E-state index contributed by atoms with van der Waals surface area (Å²) in [4.78, 5) is 11.9. The second-order valence-corrected chi connectivity index (χ2v) is 4.47. The van der Waals surface area contributed by atoms with Crippen molar-refractivity contribution in [1.29, 1.82) is 0 Å². The normalized spacial score (nSPS) is 18.9. The minimum Gasteiger partial charge on any atom is -0.492 e. The van der Waals surface area contributed by atoms with Gasteiger partial charge in [-0.3, -0.25) is 4.79 Å². The van der Waals surface area contributed by atoms with Gasteiger partial charge in [0.25, 0.3) is 0 Å². The lowest BCUT2D eigenvalue weighted by Crippen LogP contribution is -2.44. The molecule has 0 spiro atoms. The Hall–Kier alpha value is -1.26. The number of para-hydroxylation sites is 1. The summed E-state index contributed by atoms with van der Waals surface area (Å²) in [6.45, 7) is 2.80. The van der Waals surface area contributed by atoms with Gasteiger partial charge < -0.3 is 15.8 Å². The van der Waals surface area contributed by atoms with Crippen LogP contribution >= 0.6 is 12.4 Å². The van der Waals surface area contributed by atoms with E-state index in [0.717, 1.165) is 17.7 Å². The lowest BCUT2D eigenvalue weighted by Gasteiger charge is -2.25. The minimum atomic E-state index is -0.112. The second-order valence-electron chi connectivity index (χ2n) is 4.47. The zero-order valence-electron chi connectivity index (χ0n) is 10.4. The average Bonchev–Trinajstić information content (AvgIpc) is 2.38. The largest absolute Gasteiger partial charge is 0.492 e. The molecule has 1 amide bonds. The van der Waals surface area contributed by atoms with Crippen LogP contribution in [-0.4, -0.2) is 25.1 Å². The van der Waals surface area contributed by atoms with Crippen LogP contribution in [-0.2, 0) is 11.2 Å². The molecule has 3 N–H and O–H groups in total. The molecule has 1 heterocycles. The first-order chi connectivity index (χ1) is 8.20. The highest BCUT2D eigenvalue weighted by Crippen LogP contribution is 2.26. The van der Waals surface area contributed by atoms with Crippen molar-refractivity contribution < 1.29 is 9.53 Å². The molecule has 0 saturated carbocycles. The molecule has 1 aromatic rings. The summed E-state index contributed by atoms with van der Waals surface area (Å²) in [6, 6.07) is 7.85. The lowest BCUT2D eigenvalue weighted by molar-refractivity contribution is -0.126. The van der Waals surface area contributed by atoms with Crippen LogP contribution in [0.2, 0.25) is 0 Å². The number of nitrogens with two attached hydrogens (primary N) is 1. The Kier molecular flexibility index (Phi) is 5.44. The Morgan fingerprint density at radius 3 is 3.00 bits per heavy atom. The molecule has 0 bridgehead atoms. The molecule has 0 aromatic heterocycles. The summed E-state index contributed by atoms with van der Waals surface area (Å²) in [5.74, 6) is 0.805. The maximum absolute atomic E-state index is 11.9. The molecular formula is C13H19ClN2O2. The number of ether oxygens (including phenoxy) is 1. The highest BCUT2D eigenvalue weighted by molar-refractivity contribution is 5.85. The SMILES string of the molecule is C[C@@H](CN)NC(=O)C1COc2ccccc2C1.Cl. The zero-order chi connectivity index (χ0) is 12.3. The molecule has 0 aliphatic carbocycles. The fourth-order valence-electron chi connectivity index (χ4n) is 1.92. The van der Waals surface area contributed by atoms with Crippen molar-refractivity contribution in [2.75, 3.05) is 13.2 Å². The van der Waals surface area contributed by atoms with Crippen LogP contribution in [0.1, 0.15) is 12.5 Å². The fraction of sp³-hybridized carbons (Fsp3) is 0.462. The number of nitrogens with one attached hydrogen (secondary N) is 1. The molecule has 1 aliphatic rings. The molecule has 0 saturated heterocycles. The van der Waals surface area contributed by atoms with Crippen molar-refractivity contribution in [3.8, 4) is 5.75 Å². The van der Waals surface area contributed by atoms with E-state index in [2.05, 4.69) is 5.32 Å². The monoisotopic (exact) mass is 270 g/mol. The molecule has 2 rings (SSSR count). The van der Waals surface area contributed by atoms with Crippen molar-refractivity contribution in [3.63, 3.8) is 0 Å². The smallest absolute Gasteiger partial charge is 0.227 e. The third-order valence-corrected chi connectivity index (χ3v) is 2.99. The lowest BCUT2D eigenvalue weighted by atomic mass is 9.96. The van der Waals surface area contributed by atoms with E-state index in [0.29, 0.717) is 13.2 Å². The van der Waals surface area contributed by atoms with Gasteiger partial charge in [-0.1, -0.05) is 18.2 Å². The highest BCUT2D eigenvalue weighted by atomic mass is 35.5. The number of carbonyl (C=O) groups is 1. The van der Waals surface area contributed by atoms with Crippen LogP contribution in [0.5, 0.6) is 5.75 Å². The number of fused-ring (bicyclic) bond motifs is 1. The van der Waals surface area contributed by atoms with Gasteiger partial charge in [-0.15, -0.1) is 12.4 Å². The fourth-order valence-corrected chi connectivity index (χ4v) is 1.92. The van der Waals surface area contributed by atoms with E-state index in [1.54, 1.807) is 0 Å². The van der Waals surface area contributed by atoms with Gasteiger partial charge >= 0.3 is 0 Å². The molecule has 2 atom stereocenters. The molecule has 1 aromatic carbocycles. The Morgan fingerprint density at radius 1 is 1.56 bits per heavy atom. The number of carbonyl (C=O) groups excluding carboxylic acids is 1. The quantitative estimate of drug-likeness (QED) is 0.865. The molecule has 5 heteroatoms. The van der Waals surface area contributed by atoms with Crippen molar-refractivity contribution in [1.82, 2.24) is 5.32 Å². The summed E-state index contributed by atoms with van der Waals surface area (Å²) in [5, 5.41) is 2.89. The van der Waals surface area contributed by atoms with E-state index in [1.807, 2.05) is 31.2 Å². The van der Waals surface area contributed by atoms with E-state index in [4.69, 9.17) is 10.5 Å². The summed E-state index contributed by atoms with van der Waals surface area (Å²) < 4.78 is 5.58. The van der Waals surface area contributed by atoms with Crippen LogP contribution in [0.4, 0.5) is 0 Å². The van der Waals surface area contributed by atoms with Crippen molar-refractivity contribution in [2.24, 2.45) is 11.7 Å². The highest BCUT2D eigenvalue weighted by Gasteiger charge is 2.26. The molecule has 1 unspecified atom stereocenters. The first-order valence-corrected chi connectivity index (χ1v) is 5.92. The summed E-state index contributed by atoms with van der Waals surface area (Å²) >= 11 is 0. The topological polar surface area (TPSA) is 64.3 Å². The molecule has 100 valence electrons. The number of benzene rings is 1. The molecule has 1 aliphatic heterocycles. The summed E-state index contributed by atoms with van der Waals surface area (Å²) in [7, 11) is 0. The predicted molar refractivity (Wildman–Crippen MR) is 73.0 cm³/mol. The van der Waals surface area contributed by atoms with Crippen LogP contribution in [0, 0.1) is 5.92 Å². The van der Waals surface area contributed by atoms with Gasteiger partial charge in [0.2, 0.25) is 5.91 Å². The zero-order valence-corrected chi connectivity index (χ0v) is 11.2. The maximum Gasteiger partial charge on any atom is 0.227 e. The number of hydrogen-bond donors (Lipinski definition) is 2. The van der Waals surface area contributed by atoms with Crippen molar-refractivity contribution in [2.45, 2.75) is 19.4 Å². The first kappa shape index (κ1) is 14.8. The number of halogens is 1. The van der Waals surface area contributed by atoms with Gasteiger partial charge in [0.1, 0.15) is 12.4 Å². The van der Waals surface area contributed by atoms with Gasteiger partial charge in [-0.05, 0) is 25.0 Å². The van der Waals surface area contributed by atoms with Gasteiger partial charge in [-0.25, -0.2) is 0 Å². The Morgan fingerprint density at radius 2 is 2.28 bits per heavy atom. The van der Waals surface area contributed by atoms with E-state index in [1.165, 1.54) is 0 Å². The van der Waals surface area contributed by atoms with E-state index in [9.17, 15) is 4.79 Å². The van der Waals surface area contributed by atoms with Crippen LogP contribution < -0.4 is 15.8 Å². The van der Waals surface area contributed by atoms with Gasteiger partial charge in [0.05, 0.1) is 5.92 Å². The number of amides is 1. The van der Waals surface area contributed by atoms with E-state index < -0.39 is 0 Å². The number of rotatable bonds is 3. The molecule has 0 fully saturated rings. The Bertz CT molecular complexity index is 412. The minimum absolute atomic E-state index is 0. The van der Waals surface area contributed by atoms with Crippen molar-refractivity contribution >= 4 is 18.3 Å². The van der Waals surface area contributed by atoms with E-state index >= 15 is 0 Å². The maximum atomic E-state index is 11.9. The second kappa shape index (κ2) is 6.61. The average molecular weight is 271 g/mol. The summed E-state index contributed by atoms with van der Waals surface area (Å²) in [5.41, 5.74) is 6.58. The van der Waals surface area contributed by atoms with Crippen LogP contribution in [0.3, 0.4) is 0 Å². The molecule has 0 radical (unpaired) electrons. The standard InChI is InChI=1S/C13H18N2O2.ClH/c1-9(7-14)15-13(16)11-6-10-4-2-3-5-12(10)17-8-11;/h2-5,9,11H,6-8,14H2,1H3,(H,15,16);1H/t9-,11?;/m0./s1. The first-order valence-electron chi connectivity index (χ1n) is 5.92. The molecule has 4 nitrogen and oxygen atoms in total. The molecule has 18 heavy (non-hydrogen) atoms. The Labute approximate surface area is 113 Å². The molecular weight excluding hydrogens is 252 g/mol. The van der Waals surface area contributed by atoms with Crippen LogP contribution in [0.25, 0.3) is 0 Å². The summed E-state index contributed by atoms with van der Waals surface area (Å²) in [6.07, 6.45) is 0.735. The van der Waals surface area contributed by atoms with Gasteiger partial charge in [0, 0.05) is 12.6 Å². The van der Waals surface area contributed by atoms with Gasteiger partial charge in [0.15, 0.2) is 0 Å².